The maximum absolute atomic E-state index is 12.6. The number of carbonyl (C=O) groups is 1. The zero-order chi connectivity index (χ0) is 19.2. The highest BCUT2D eigenvalue weighted by molar-refractivity contribution is 9.10. The molecule has 0 bridgehead atoms. The first-order chi connectivity index (χ1) is 13.0. The maximum Gasteiger partial charge on any atom is 0.246 e. The molecular formula is C20H20BrN3O2S. The number of thioether (sulfide) groups is 1. The summed E-state index contributed by atoms with van der Waals surface area (Å²) in [6.45, 7) is 2.21. The van der Waals surface area contributed by atoms with Crippen LogP contribution in [0.5, 0.6) is 0 Å². The molecule has 0 saturated heterocycles. The van der Waals surface area contributed by atoms with Gasteiger partial charge in [0.15, 0.2) is 0 Å². The summed E-state index contributed by atoms with van der Waals surface area (Å²) in [6.07, 6.45) is 0. The number of hydrogen-bond donors (Lipinski definition) is 0. The molecule has 1 atom stereocenters. The van der Waals surface area contributed by atoms with Crippen LogP contribution < -0.4 is 0 Å². The third-order valence-electron chi connectivity index (χ3n) is 3.99. The molecule has 0 saturated carbocycles. The molecular weight excluding hydrogens is 426 g/mol. The van der Waals surface area contributed by atoms with Crippen molar-refractivity contribution in [1.82, 2.24) is 15.0 Å². The second-order valence-electron chi connectivity index (χ2n) is 6.16. The molecule has 0 radical (unpaired) electrons. The molecule has 3 rings (SSSR count). The smallest absolute Gasteiger partial charge is 0.246 e. The Morgan fingerprint density at radius 1 is 1.22 bits per heavy atom. The molecule has 0 N–H and O–H groups in total. The van der Waals surface area contributed by atoms with Crippen LogP contribution in [0.15, 0.2) is 63.6 Å². The third-order valence-corrected chi connectivity index (χ3v) is 5.69. The molecule has 1 heterocycles. The average Bonchev–Trinajstić information content (AvgIpc) is 3.15. The molecule has 0 aliphatic carbocycles. The first-order valence-corrected chi connectivity index (χ1v) is 10.4. The lowest BCUT2D eigenvalue weighted by molar-refractivity contribution is -0.129. The summed E-state index contributed by atoms with van der Waals surface area (Å²) in [4.78, 5) is 18.6. The Balaban J connectivity index is 1.56. The fraction of sp³-hybridized carbons (Fsp3) is 0.250. The van der Waals surface area contributed by atoms with E-state index in [9.17, 15) is 4.79 Å². The SMILES string of the molecule is CC(SCc1ccccc1)C(=O)N(C)Cc1nc(-c2cccc(Br)c2)no1. The van der Waals surface area contributed by atoms with E-state index in [4.69, 9.17) is 4.52 Å². The number of nitrogens with zero attached hydrogens (tertiary/aromatic N) is 3. The number of benzene rings is 2. The van der Waals surface area contributed by atoms with Crippen LogP contribution >= 0.6 is 27.7 Å². The molecule has 1 unspecified atom stereocenters. The zero-order valence-corrected chi connectivity index (χ0v) is 17.5. The van der Waals surface area contributed by atoms with Gasteiger partial charge in [-0.25, -0.2) is 0 Å². The Hall–Kier alpha value is -2.12. The summed E-state index contributed by atoms with van der Waals surface area (Å²) < 4.78 is 6.26. The van der Waals surface area contributed by atoms with Gasteiger partial charge in [-0.3, -0.25) is 4.79 Å². The minimum Gasteiger partial charge on any atom is -0.337 e. The minimum atomic E-state index is -0.150. The second-order valence-corrected chi connectivity index (χ2v) is 8.40. The Kier molecular flexibility index (Phi) is 6.68. The van der Waals surface area contributed by atoms with Gasteiger partial charge in [0.2, 0.25) is 17.6 Å². The van der Waals surface area contributed by atoms with E-state index in [-0.39, 0.29) is 17.7 Å². The summed E-state index contributed by atoms with van der Waals surface area (Å²) in [7, 11) is 1.75. The van der Waals surface area contributed by atoms with Crippen LogP contribution in [0.25, 0.3) is 11.4 Å². The molecule has 27 heavy (non-hydrogen) atoms. The van der Waals surface area contributed by atoms with Crippen LogP contribution in [0.3, 0.4) is 0 Å². The molecule has 1 amide bonds. The maximum atomic E-state index is 12.6. The van der Waals surface area contributed by atoms with Crippen LogP contribution in [0.2, 0.25) is 0 Å². The summed E-state index contributed by atoms with van der Waals surface area (Å²) in [5.41, 5.74) is 2.07. The van der Waals surface area contributed by atoms with Gasteiger partial charge >= 0.3 is 0 Å². The van der Waals surface area contributed by atoms with Crippen LogP contribution in [-0.2, 0) is 17.1 Å². The highest BCUT2D eigenvalue weighted by atomic mass is 79.9. The van der Waals surface area contributed by atoms with Crippen LogP contribution in [0.4, 0.5) is 0 Å². The van der Waals surface area contributed by atoms with Crippen molar-refractivity contribution in [2.24, 2.45) is 0 Å². The van der Waals surface area contributed by atoms with Gasteiger partial charge in [-0.05, 0) is 24.6 Å². The van der Waals surface area contributed by atoms with Gasteiger partial charge < -0.3 is 9.42 Å². The van der Waals surface area contributed by atoms with Gasteiger partial charge in [-0.2, -0.15) is 4.98 Å². The monoisotopic (exact) mass is 445 g/mol. The second kappa shape index (κ2) is 9.19. The van der Waals surface area contributed by atoms with E-state index in [2.05, 4.69) is 38.2 Å². The van der Waals surface area contributed by atoms with Gasteiger partial charge in [-0.1, -0.05) is 63.6 Å². The molecule has 7 heteroatoms. The van der Waals surface area contributed by atoms with Crippen molar-refractivity contribution in [1.29, 1.82) is 0 Å². The topological polar surface area (TPSA) is 59.2 Å². The predicted octanol–water partition coefficient (Wildman–Crippen LogP) is 4.78. The Labute approximate surface area is 171 Å². The number of hydrogen-bond acceptors (Lipinski definition) is 5. The van der Waals surface area contributed by atoms with Gasteiger partial charge in [0.25, 0.3) is 0 Å². The van der Waals surface area contributed by atoms with Crippen molar-refractivity contribution in [3.05, 3.63) is 70.5 Å². The molecule has 5 nitrogen and oxygen atoms in total. The number of amides is 1. The number of rotatable bonds is 7. The number of carbonyl (C=O) groups excluding carboxylic acids is 1. The van der Waals surface area contributed by atoms with E-state index < -0.39 is 0 Å². The summed E-state index contributed by atoms with van der Waals surface area (Å²) in [6, 6.07) is 17.8. The van der Waals surface area contributed by atoms with E-state index in [1.165, 1.54) is 5.56 Å². The van der Waals surface area contributed by atoms with Gasteiger partial charge in [0.1, 0.15) is 0 Å². The third kappa shape index (κ3) is 5.43. The molecule has 1 aromatic heterocycles. The van der Waals surface area contributed by atoms with Crippen molar-refractivity contribution < 1.29 is 9.32 Å². The van der Waals surface area contributed by atoms with Crippen molar-refractivity contribution in [3.63, 3.8) is 0 Å². The standard InChI is InChI=1S/C20H20BrN3O2S/c1-14(27-13-15-7-4-3-5-8-15)20(25)24(2)12-18-22-19(23-26-18)16-9-6-10-17(21)11-16/h3-11,14H,12-13H2,1-2H3. The minimum absolute atomic E-state index is 0.0399. The molecule has 3 aromatic rings. The first-order valence-electron chi connectivity index (χ1n) is 8.52. The van der Waals surface area contributed by atoms with Crippen LogP contribution in [0, 0.1) is 0 Å². The Morgan fingerprint density at radius 2 is 2.00 bits per heavy atom. The molecule has 2 aromatic carbocycles. The lowest BCUT2D eigenvalue weighted by atomic mass is 10.2. The summed E-state index contributed by atoms with van der Waals surface area (Å²) in [5.74, 6) is 1.77. The Bertz CT molecular complexity index is 901. The lowest BCUT2D eigenvalue weighted by Crippen LogP contribution is -2.33. The summed E-state index contributed by atoms with van der Waals surface area (Å²) >= 11 is 5.05. The molecule has 0 spiro atoms. The Morgan fingerprint density at radius 3 is 2.74 bits per heavy atom. The van der Waals surface area contributed by atoms with Crippen molar-refractivity contribution in [2.75, 3.05) is 7.05 Å². The zero-order valence-electron chi connectivity index (χ0n) is 15.1. The van der Waals surface area contributed by atoms with Crippen LogP contribution in [-0.4, -0.2) is 33.2 Å². The van der Waals surface area contributed by atoms with Crippen LogP contribution in [0.1, 0.15) is 18.4 Å². The highest BCUT2D eigenvalue weighted by Gasteiger charge is 2.20. The fourth-order valence-corrected chi connectivity index (χ4v) is 3.88. The predicted molar refractivity (Wildman–Crippen MR) is 111 cm³/mol. The van der Waals surface area contributed by atoms with E-state index in [0.29, 0.717) is 11.7 Å². The summed E-state index contributed by atoms with van der Waals surface area (Å²) in [5, 5.41) is 3.86. The fourth-order valence-electron chi connectivity index (χ4n) is 2.52. The molecule has 0 aliphatic rings. The van der Waals surface area contributed by atoms with Gasteiger partial charge in [-0.15, -0.1) is 11.8 Å². The molecule has 0 fully saturated rings. The number of aromatic nitrogens is 2. The van der Waals surface area contributed by atoms with Gasteiger partial charge in [0, 0.05) is 22.8 Å². The van der Waals surface area contributed by atoms with E-state index >= 15 is 0 Å². The normalized spacial score (nSPS) is 12.0. The first kappa shape index (κ1) is 19.6. The van der Waals surface area contributed by atoms with E-state index in [0.717, 1.165) is 15.8 Å². The number of halogens is 1. The molecule has 0 aliphatic heterocycles. The van der Waals surface area contributed by atoms with Gasteiger partial charge in [0.05, 0.1) is 11.8 Å². The van der Waals surface area contributed by atoms with E-state index in [1.807, 2.05) is 49.4 Å². The highest BCUT2D eigenvalue weighted by Crippen LogP contribution is 2.22. The molecule has 140 valence electrons. The average molecular weight is 446 g/mol. The van der Waals surface area contributed by atoms with Crippen molar-refractivity contribution in [3.8, 4) is 11.4 Å². The van der Waals surface area contributed by atoms with Crippen molar-refractivity contribution >= 4 is 33.6 Å². The lowest BCUT2D eigenvalue weighted by Gasteiger charge is -2.19. The van der Waals surface area contributed by atoms with Crippen molar-refractivity contribution in [2.45, 2.75) is 24.5 Å². The quantitative estimate of drug-likeness (QED) is 0.523. The van der Waals surface area contributed by atoms with E-state index in [1.54, 1.807) is 23.7 Å². The largest absolute Gasteiger partial charge is 0.337 e.